The van der Waals surface area contributed by atoms with Gasteiger partial charge in [-0.3, -0.25) is 0 Å². The summed E-state index contributed by atoms with van der Waals surface area (Å²) in [5, 5.41) is 7.05. The second kappa shape index (κ2) is 6.06. The highest BCUT2D eigenvalue weighted by Crippen LogP contribution is 2.40. The van der Waals surface area contributed by atoms with Crippen molar-refractivity contribution < 1.29 is 0 Å². The number of fused-ring (bicyclic) bond motifs is 1. The summed E-state index contributed by atoms with van der Waals surface area (Å²) in [6.45, 7) is 5.37. The predicted molar refractivity (Wildman–Crippen MR) is 85.4 cm³/mol. The minimum atomic E-state index is 0.401. The van der Waals surface area contributed by atoms with Crippen molar-refractivity contribution in [1.29, 1.82) is 0 Å². The summed E-state index contributed by atoms with van der Waals surface area (Å²) in [6, 6.07) is 9.25. The van der Waals surface area contributed by atoms with E-state index in [9.17, 15) is 0 Å². The highest BCUT2D eigenvalue weighted by molar-refractivity contribution is 7.09. The lowest BCUT2D eigenvalue weighted by Crippen LogP contribution is -2.28. The van der Waals surface area contributed by atoms with Crippen LogP contribution in [0.25, 0.3) is 0 Å². The van der Waals surface area contributed by atoms with Crippen molar-refractivity contribution in [2.45, 2.75) is 45.1 Å². The largest absolute Gasteiger partial charge is 0.309 e. The van der Waals surface area contributed by atoms with Crippen LogP contribution in [0.2, 0.25) is 0 Å². The van der Waals surface area contributed by atoms with Crippen molar-refractivity contribution in [2.24, 2.45) is 0 Å². The number of thiazole rings is 1. The van der Waals surface area contributed by atoms with Crippen LogP contribution in [0.4, 0.5) is 0 Å². The Morgan fingerprint density at radius 2 is 2.25 bits per heavy atom. The number of nitrogens with zero attached hydrogens (tertiary/aromatic N) is 1. The molecule has 1 aromatic carbocycles. The van der Waals surface area contributed by atoms with Crippen LogP contribution in [0, 0.1) is 6.92 Å². The molecule has 20 heavy (non-hydrogen) atoms. The Bertz CT molecular complexity index is 576. The van der Waals surface area contributed by atoms with Gasteiger partial charge in [0.25, 0.3) is 0 Å². The Hall–Kier alpha value is -1.19. The number of hydrogen-bond acceptors (Lipinski definition) is 3. The molecule has 106 valence electrons. The van der Waals surface area contributed by atoms with Crippen LogP contribution in [0.3, 0.4) is 0 Å². The first-order valence-electron chi connectivity index (χ1n) is 7.51. The second-order valence-electron chi connectivity index (χ2n) is 5.63. The summed E-state index contributed by atoms with van der Waals surface area (Å²) in [5.41, 5.74) is 4.30. The molecule has 3 heteroatoms. The average Bonchev–Trinajstić information content (AvgIpc) is 2.86. The topological polar surface area (TPSA) is 24.9 Å². The van der Waals surface area contributed by atoms with Gasteiger partial charge in [0.05, 0.1) is 16.7 Å². The molecule has 1 aromatic heterocycles. The van der Waals surface area contributed by atoms with Gasteiger partial charge in [0.1, 0.15) is 0 Å². The minimum absolute atomic E-state index is 0.401. The first-order valence-corrected chi connectivity index (χ1v) is 8.39. The number of hydrogen-bond donors (Lipinski definition) is 1. The molecule has 0 saturated heterocycles. The molecular weight excluding hydrogens is 264 g/mol. The van der Waals surface area contributed by atoms with Gasteiger partial charge < -0.3 is 5.32 Å². The summed E-state index contributed by atoms with van der Waals surface area (Å²) in [7, 11) is 0. The highest BCUT2D eigenvalue weighted by atomic mass is 32.1. The maximum Gasteiger partial charge on any atom is 0.0898 e. The van der Waals surface area contributed by atoms with E-state index in [2.05, 4.69) is 53.8 Å². The molecule has 1 aliphatic carbocycles. The normalized spacial score (nSPS) is 18.4. The van der Waals surface area contributed by atoms with E-state index in [1.807, 2.05) is 0 Å². The standard InChI is InChI=1S/C17H22N2S/c1-3-8-18-16(17-11-20-12(2)19-17)10-14-9-13-6-4-5-7-15(13)14/h4-7,11,14,16,18H,3,8-10H2,1-2H3. The van der Waals surface area contributed by atoms with E-state index < -0.39 is 0 Å². The monoisotopic (exact) mass is 286 g/mol. The Morgan fingerprint density at radius 3 is 2.95 bits per heavy atom. The van der Waals surface area contributed by atoms with Gasteiger partial charge >= 0.3 is 0 Å². The van der Waals surface area contributed by atoms with Crippen LogP contribution in [0.1, 0.15) is 53.6 Å². The fourth-order valence-electron chi connectivity index (χ4n) is 3.02. The van der Waals surface area contributed by atoms with Crippen LogP contribution < -0.4 is 5.32 Å². The molecule has 2 unspecified atom stereocenters. The Balaban J connectivity index is 1.71. The minimum Gasteiger partial charge on any atom is -0.309 e. The molecule has 1 N–H and O–H groups in total. The highest BCUT2D eigenvalue weighted by Gasteiger charge is 2.29. The van der Waals surface area contributed by atoms with Crippen LogP contribution in [-0.4, -0.2) is 11.5 Å². The van der Waals surface area contributed by atoms with E-state index in [1.165, 1.54) is 30.5 Å². The molecule has 0 radical (unpaired) electrons. The number of aromatic nitrogens is 1. The summed E-state index contributed by atoms with van der Waals surface area (Å²) in [5.74, 6) is 0.697. The Labute approximate surface area is 125 Å². The quantitative estimate of drug-likeness (QED) is 0.860. The number of rotatable bonds is 6. The van der Waals surface area contributed by atoms with Crippen molar-refractivity contribution in [3.63, 3.8) is 0 Å². The molecule has 1 aliphatic rings. The zero-order valence-corrected chi connectivity index (χ0v) is 13.0. The van der Waals surface area contributed by atoms with E-state index in [-0.39, 0.29) is 0 Å². The van der Waals surface area contributed by atoms with E-state index in [0.29, 0.717) is 12.0 Å². The second-order valence-corrected chi connectivity index (χ2v) is 6.70. The summed E-state index contributed by atoms with van der Waals surface area (Å²) in [6.07, 6.45) is 3.56. The van der Waals surface area contributed by atoms with Gasteiger partial charge in [-0.2, -0.15) is 0 Å². The Morgan fingerprint density at radius 1 is 1.40 bits per heavy atom. The number of aryl methyl sites for hydroxylation is 1. The lowest BCUT2D eigenvalue weighted by molar-refractivity contribution is 0.422. The average molecular weight is 286 g/mol. The number of nitrogens with one attached hydrogen (secondary N) is 1. The molecular formula is C17H22N2S. The summed E-state index contributed by atoms with van der Waals surface area (Å²) in [4.78, 5) is 4.69. The van der Waals surface area contributed by atoms with Crippen LogP contribution >= 0.6 is 11.3 Å². The van der Waals surface area contributed by atoms with Crippen molar-refractivity contribution in [3.8, 4) is 0 Å². The van der Waals surface area contributed by atoms with Crippen molar-refractivity contribution in [3.05, 3.63) is 51.5 Å². The smallest absolute Gasteiger partial charge is 0.0898 e. The molecule has 2 atom stereocenters. The van der Waals surface area contributed by atoms with Gasteiger partial charge in [0.15, 0.2) is 0 Å². The third-order valence-electron chi connectivity index (χ3n) is 4.12. The zero-order chi connectivity index (χ0) is 13.9. The molecule has 0 fully saturated rings. The first kappa shape index (κ1) is 13.8. The lowest BCUT2D eigenvalue weighted by atomic mass is 9.74. The van der Waals surface area contributed by atoms with E-state index in [4.69, 9.17) is 0 Å². The van der Waals surface area contributed by atoms with Gasteiger partial charge in [-0.05, 0) is 49.8 Å². The molecule has 1 heterocycles. The maximum atomic E-state index is 4.69. The van der Waals surface area contributed by atoms with Crippen molar-refractivity contribution in [2.75, 3.05) is 6.54 Å². The fourth-order valence-corrected chi connectivity index (χ4v) is 3.69. The molecule has 0 spiro atoms. The third kappa shape index (κ3) is 2.79. The molecule has 0 amide bonds. The Kier molecular flexibility index (Phi) is 4.18. The molecule has 2 nitrogen and oxygen atoms in total. The van der Waals surface area contributed by atoms with E-state index in [0.717, 1.165) is 11.6 Å². The number of benzene rings is 1. The van der Waals surface area contributed by atoms with Gasteiger partial charge in [-0.1, -0.05) is 31.2 Å². The molecule has 0 aliphatic heterocycles. The SMILES string of the molecule is CCCNC(CC1Cc2ccccc21)c1csc(C)n1. The van der Waals surface area contributed by atoms with Gasteiger partial charge in [0.2, 0.25) is 0 Å². The fraction of sp³-hybridized carbons (Fsp3) is 0.471. The van der Waals surface area contributed by atoms with Crippen LogP contribution in [0.5, 0.6) is 0 Å². The lowest BCUT2D eigenvalue weighted by Gasteiger charge is -2.33. The third-order valence-corrected chi connectivity index (χ3v) is 4.91. The molecule has 3 rings (SSSR count). The van der Waals surface area contributed by atoms with E-state index >= 15 is 0 Å². The predicted octanol–water partition coefficient (Wildman–Crippen LogP) is 4.22. The van der Waals surface area contributed by atoms with Crippen LogP contribution in [0.15, 0.2) is 29.6 Å². The maximum absolute atomic E-state index is 4.69. The van der Waals surface area contributed by atoms with Crippen molar-refractivity contribution >= 4 is 11.3 Å². The molecule has 0 bridgehead atoms. The molecule has 2 aromatic rings. The van der Waals surface area contributed by atoms with Crippen LogP contribution in [-0.2, 0) is 6.42 Å². The van der Waals surface area contributed by atoms with Gasteiger partial charge in [0, 0.05) is 5.38 Å². The van der Waals surface area contributed by atoms with Crippen molar-refractivity contribution in [1.82, 2.24) is 10.3 Å². The molecule has 0 saturated carbocycles. The first-order chi connectivity index (χ1) is 9.78. The van der Waals surface area contributed by atoms with E-state index in [1.54, 1.807) is 16.9 Å². The van der Waals surface area contributed by atoms with Gasteiger partial charge in [-0.15, -0.1) is 11.3 Å². The summed E-state index contributed by atoms with van der Waals surface area (Å²) >= 11 is 1.75. The zero-order valence-electron chi connectivity index (χ0n) is 12.2. The van der Waals surface area contributed by atoms with Gasteiger partial charge in [-0.25, -0.2) is 4.98 Å². The summed E-state index contributed by atoms with van der Waals surface area (Å²) < 4.78 is 0.